The molecular formula is C11H13FO2. The Morgan fingerprint density at radius 3 is 2.43 bits per heavy atom. The van der Waals surface area contributed by atoms with Gasteiger partial charge in [-0.15, -0.1) is 0 Å². The van der Waals surface area contributed by atoms with E-state index in [1.54, 1.807) is 19.9 Å². The number of halogens is 1. The minimum Gasteiger partial charge on any atom is -0.505 e. The number of hydrogen-bond donors (Lipinski definition) is 2. The number of benzene rings is 1. The Kier molecular flexibility index (Phi) is 1.83. The van der Waals surface area contributed by atoms with Crippen molar-refractivity contribution in [2.75, 3.05) is 0 Å². The van der Waals surface area contributed by atoms with Crippen molar-refractivity contribution in [1.82, 2.24) is 0 Å². The molecule has 1 aromatic rings. The first-order chi connectivity index (χ1) is 6.46. The van der Waals surface area contributed by atoms with Crippen molar-refractivity contribution < 1.29 is 14.6 Å². The van der Waals surface area contributed by atoms with Gasteiger partial charge in [0.05, 0.1) is 5.60 Å². The predicted molar refractivity (Wildman–Crippen MR) is 50.7 cm³/mol. The molecule has 0 spiro atoms. The van der Waals surface area contributed by atoms with Crippen LogP contribution in [0.4, 0.5) is 4.39 Å². The van der Waals surface area contributed by atoms with Gasteiger partial charge >= 0.3 is 0 Å². The second kappa shape index (κ2) is 2.70. The first-order valence-corrected chi connectivity index (χ1v) is 4.67. The highest BCUT2D eigenvalue weighted by Crippen LogP contribution is 2.48. The van der Waals surface area contributed by atoms with Crippen LogP contribution in [-0.2, 0) is 5.60 Å². The highest BCUT2D eigenvalue weighted by Gasteiger charge is 2.44. The summed E-state index contributed by atoms with van der Waals surface area (Å²) in [6.07, 6.45) is 1.39. The number of rotatable bonds is 1. The van der Waals surface area contributed by atoms with Crippen LogP contribution < -0.4 is 0 Å². The number of phenols is 1. The molecule has 1 aliphatic rings. The normalized spacial score (nSPS) is 18.3. The summed E-state index contributed by atoms with van der Waals surface area (Å²) in [6, 6.07) is 1.62. The maximum Gasteiger partial charge on any atom is 0.167 e. The van der Waals surface area contributed by atoms with Gasteiger partial charge in [-0.05, 0) is 49.4 Å². The molecule has 2 N–H and O–H groups in total. The van der Waals surface area contributed by atoms with E-state index in [1.807, 2.05) is 0 Å². The Morgan fingerprint density at radius 1 is 1.36 bits per heavy atom. The molecule has 76 valence electrons. The van der Waals surface area contributed by atoms with E-state index in [0.717, 1.165) is 0 Å². The summed E-state index contributed by atoms with van der Waals surface area (Å²) >= 11 is 0. The van der Waals surface area contributed by atoms with Crippen LogP contribution in [0.25, 0.3) is 0 Å². The van der Waals surface area contributed by atoms with Crippen LogP contribution in [0, 0.1) is 19.7 Å². The fourth-order valence-electron chi connectivity index (χ4n) is 1.74. The van der Waals surface area contributed by atoms with Gasteiger partial charge in [0.15, 0.2) is 11.6 Å². The number of hydrogen-bond acceptors (Lipinski definition) is 2. The smallest absolute Gasteiger partial charge is 0.167 e. The number of aryl methyl sites for hydroxylation is 1. The van der Waals surface area contributed by atoms with Gasteiger partial charge in [0.2, 0.25) is 0 Å². The van der Waals surface area contributed by atoms with Gasteiger partial charge in [0.25, 0.3) is 0 Å². The van der Waals surface area contributed by atoms with E-state index in [9.17, 15) is 14.6 Å². The molecule has 0 aliphatic heterocycles. The van der Waals surface area contributed by atoms with Crippen molar-refractivity contribution in [3.8, 4) is 5.75 Å². The molecule has 0 unspecified atom stereocenters. The van der Waals surface area contributed by atoms with Crippen molar-refractivity contribution in [1.29, 1.82) is 0 Å². The van der Waals surface area contributed by atoms with E-state index in [4.69, 9.17) is 0 Å². The van der Waals surface area contributed by atoms with Gasteiger partial charge < -0.3 is 10.2 Å². The van der Waals surface area contributed by atoms with Crippen molar-refractivity contribution in [3.05, 3.63) is 28.6 Å². The molecule has 0 amide bonds. The van der Waals surface area contributed by atoms with Crippen molar-refractivity contribution >= 4 is 0 Å². The summed E-state index contributed by atoms with van der Waals surface area (Å²) in [7, 11) is 0. The third-order valence-corrected chi connectivity index (χ3v) is 2.90. The summed E-state index contributed by atoms with van der Waals surface area (Å²) in [5, 5.41) is 19.4. The van der Waals surface area contributed by atoms with Crippen LogP contribution in [-0.4, -0.2) is 10.2 Å². The van der Waals surface area contributed by atoms with Crippen LogP contribution in [0.5, 0.6) is 5.75 Å². The van der Waals surface area contributed by atoms with E-state index < -0.39 is 11.4 Å². The Morgan fingerprint density at radius 2 is 1.93 bits per heavy atom. The fraction of sp³-hybridized carbons (Fsp3) is 0.455. The standard InChI is InChI=1S/C11H13FO2/c1-6-5-8(11(14)3-4-11)7(2)10(13)9(6)12/h5,13-14H,3-4H2,1-2H3. The molecule has 0 aromatic heterocycles. The summed E-state index contributed by atoms with van der Waals surface area (Å²) in [4.78, 5) is 0. The second-order valence-corrected chi connectivity index (χ2v) is 4.06. The average molecular weight is 196 g/mol. The lowest BCUT2D eigenvalue weighted by atomic mass is 9.98. The second-order valence-electron chi connectivity index (χ2n) is 4.06. The molecule has 0 heterocycles. The summed E-state index contributed by atoms with van der Waals surface area (Å²) in [5.41, 5.74) is 0.672. The minimum absolute atomic E-state index is 0.333. The molecule has 0 radical (unpaired) electrons. The summed E-state index contributed by atoms with van der Waals surface area (Å²) < 4.78 is 13.2. The first kappa shape index (κ1) is 9.46. The SMILES string of the molecule is Cc1cc(C2(O)CC2)c(C)c(O)c1F. The topological polar surface area (TPSA) is 40.5 Å². The monoisotopic (exact) mass is 196 g/mol. The lowest BCUT2D eigenvalue weighted by Gasteiger charge is -2.15. The summed E-state index contributed by atoms with van der Waals surface area (Å²) in [5.74, 6) is -0.921. The average Bonchev–Trinajstić information content (AvgIpc) is 2.87. The van der Waals surface area contributed by atoms with E-state index in [0.29, 0.717) is 29.5 Å². The molecule has 1 aromatic carbocycles. The van der Waals surface area contributed by atoms with Crippen LogP contribution in [0.1, 0.15) is 29.5 Å². The molecule has 0 atom stereocenters. The molecular weight excluding hydrogens is 183 g/mol. The number of aromatic hydroxyl groups is 1. The van der Waals surface area contributed by atoms with Gasteiger partial charge in [0, 0.05) is 0 Å². The Hall–Kier alpha value is -1.09. The number of phenolic OH excluding ortho intramolecular Hbond substituents is 1. The van der Waals surface area contributed by atoms with E-state index in [-0.39, 0.29) is 5.75 Å². The van der Waals surface area contributed by atoms with Crippen molar-refractivity contribution in [2.45, 2.75) is 32.3 Å². The van der Waals surface area contributed by atoms with Crippen LogP contribution >= 0.6 is 0 Å². The lowest BCUT2D eigenvalue weighted by Crippen LogP contribution is -2.08. The molecule has 2 rings (SSSR count). The van der Waals surface area contributed by atoms with Gasteiger partial charge in [0.1, 0.15) is 0 Å². The molecule has 1 saturated carbocycles. The van der Waals surface area contributed by atoms with Crippen molar-refractivity contribution in [3.63, 3.8) is 0 Å². The quantitative estimate of drug-likeness (QED) is 0.722. The first-order valence-electron chi connectivity index (χ1n) is 4.67. The Labute approximate surface area is 82.0 Å². The highest BCUT2D eigenvalue weighted by atomic mass is 19.1. The zero-order valence-corrected chi connectivity index (χ0v) is 8.26. The molecule has 1 fully saturated rings. The highest BCUT2D eigenvalue weighted by molar-refractivity contribution is 5.47. The predicted octanol–water partition coefficient (Wildman–Crippen LogP) is 2.13. The van der Waals surface area contributed by atoms with Crippen molar-refractivity contribution in [2.24, 2.45) is 0 Å². The van der Waals surface area contributed by atoms with E-state index in [1.165, 1.54) is 0 Å². The molecule has 0 saturated heterocycles. The Balaban J connectivity index is 2.62. The van der Waals surface area contributed by atoms with E-state index in [2.05, 4.69) is 0 Å². The van der Waals surface area contributed by atoms with Crippen LogP contribution in [0.3, 0.4) is 0 Å². The molecule has 0 bridgehead atoms. The van der Waals surface area contributed by atoms with Crippen LogP contribution in [0.15, 0.2) is 6.07 Å². The van der Waals surface area contributed by atoms with Gasteiger partial charge in [-0.25, -0.2) is 4.39 Å². The number of aliphatic hydroxyl groups is 1. The fourth-order valence-corrected chi connectivity index (χ4v) is 1.74. The third-order valence-electron chi connectivity index (χ3n) is 2.90. The molecule has 14 heavy (non-hydrogen) atoms. The zero-order valence-electron chi connectivity index (χ0n) is 8.26. The van der Waals surface area contributed by atoms with Gasteiger partial charge in [-0.3, -0.25) is 0 Å². The summed E-state index contributed by atoms with van der Waals surface area (Å²) in [6.45, 7) is 3.22. The molecule has 3 heteroatoms. The van der Waals surface area contributed by atoms with Crippen LogP contribution in [0.2, 0.25) is 0 Å². The largest absolute Gasteiger partial charge is 0.505 e. The van der Waals surface area contributed by atoms with Gasteiger partial charge in [-0.1, -0.05) is 0 Å². The zero-order chi connectivity index (χ0) is 10.5. The molecule has 2 nitrogen and oxygen atoms in total. The van der Waals surface area contributed by atoms with Gasteiger partial charge in [-0.2, -0.15) is 0 Å². The lowest BCUT2D eigenvalue weighted by molar-refractivity contribution is 0.150. The maximum atomic E-state index is 13.2. The third kappa shape index (κ3) is 1.20. The maximum absolute atomic E-state index is 13.2. The van der Waals surface area contributed by atoms with E-state index >= 15 is 0 Å². The minimum atomic E-state index is -0.819. The Bertz CT molecular complexity index is 395. The molecule has 1 aliphatic carbocycles.